The van der Waals surface area contributed by atoms with Gasteiger partial charge in [0.1, 0.15) is 5.69 Å². The molecule has 0 unspecified atom stereocenters. The summed E-state index contributed by atoms with van der Waals surface area (Å²) in [5.74, 6) is -0.250. The number of pyridine rings is 3. The molecule has 0 aliphatic heterocycles. The van der Waals surface area contributed by atoms with Crippen molar-refractivity contribution in [3.8, 4) is 0 Å². The van der Waals surface area contributed by atoms with Crippen LogP contribution < -0.4 is 10.6 Å². The van der Waals surface area contributed by atoms with Crippen molar-refractivity contribution < 1.29 is 4.79 Å². The number of amides is 1. The average Bonchev–Trinajstić information content (AvgIpc) is 2.73. The van der Waals surface area contributed by atoms with Crippen molar-refractivity contribution in [2.24, 2.45) is 0 Å². The molecule has 4 aromatic rings. The van der Waals surface area contributed by atoms with E-state index in [4.69, 9.17) is 0 Å². The fourth-order valence-electron chi connectivity index (χ4n) is 2.76. The van der Waals surface area contributed by atoms with E-state index in [9.17, 15) is 4.79 Å². The van der Waals surface area contributed by atoms with Gasteiger partial charge in [-0.1, -0.05) is 24.3 Å². The molecule has 0 bridgehead atoms. The first kappa shape index (κ1) is 16.7. The molecule has 0 fully saturated rings. The minimum Gasteiger partial charge on any atom is -0.354 e. The van der Waals surface area contributed by atoms with Crippen molar-refractivity contribution >= 4 is 28.2 Å². The van der Waals surface area contributed by atoms with E-state index in [-0.39, 0.29) is 5.91 Å². The van der Waals surface area contributed by atoms with Gasteiger partial charge in [0, 0.05) is 29.7 Å². The number of rotatable bonds is 5. The maximum atomic E-state index is 12.4. The monoisotopic (exact) mass is 355 g/mol. The Bertz CT molecular complexity index is 1080. The van der Waals surface area contributed by atoms with Gasteiger partial charge < -0.3 is 10.6 Å². The van der Waals surface area contributed by atoms with Gasteiger partial charge in [0.25, 0.3) is 5.91 Å². The number of carbonyl (C=O) groups excluding carboxylic acids is 1. The van der Waals surface area contributed by atoms with Crippen molar-refractivity contribution in [1.29, 1.82) is 0 Å². The second-order valence-corrected chi connectivity index (χ2v) is 5.94. The zero-order valence-electron chi connectivity index (χ0n) is 14.5. The van der Waals surface area contributed by atoms with Crippen LogP contribution in [0.15, 0.2) is 79.3 Å². The van der Waals surface area contributed by atoms with E-state index in [0.29, 0.717) is 12.2 Å². The first-order valence-corrected chi connectivity index (χ1v) is 8.54. The van der Waals surface area contributed by atoms with Gasteiger partial charge in [-0.25, -0.2) is 0 Å². The summed E-state index contributed by atoms with van der Waals surface area (Å²) in [7, 11) is 0. The highest BCUT2D eigenvalue weighted by molar-refractivity contribution is 5.94. The van der Waals surface area contributed by atoms with Gasteiger partial charge in [-0.05, 0) is 36.4 Å². The molecule has 6 heteroatoms. The number of nitrogens with one attached hydrogen (secondary N) is 2. The van der Waals surface area contributed by atoms with Crippen LogP contribution in [0.3, 0.4) is 0 Å². The van der Waals surface area contributed by atoms with Crippen LogP contribution in [-0.2, 0) is 6.54 Å². The quantitative estimate of drug-likeness (QED) is 0.571. The molecule has 2 N–H and O–H groups in total. The fraction of sp³-hybridized carbons (Fsp3) is 0.0476. The van der Waals surface area contributed by atoms with E-state index < -0.39 is 0 Å². The first-order valence-electron chi connectivity index (χ1n) is 8.54. The first-order chi connectivity index (χ1) is 13.3. The molecule has 0 radical (unpaired) electrons. The lowest BCUT2D eigenvalue weighted by atomic mass is 10.2. The van der Waals surface area contributed by atoms with Gasteiger partial charge >= 0.3 is 0 Å². The molecule has 0 saturated carbocycles. The number of carbonyl (C=O) groups is 1. The minimum absolute atomic E-state index is 0.250. The molecule has 1 aromatic carbocycles. The lowest BCUT2D eigenvalue weighted by Gasteiger charge is -2.10. The Labute approximate surface area is 156 Å². The van der Waals surface area contributed by atoms with Crippen LogP contribution >= 0.6 is 0 Å². The largest absolute Gasteiger partial charge is 0.354 e. The number of aromatic nitrogens is 3. The number of hydrogen-bond acceptors (Lipinski definition) is 5. The molecule has 0 aliphatic carbocycles. The minimum atomic E-state index is -0.250. The molecule has 4 rings (SSSR count). The molecule has 132 valence electrons. The van der Waals surface area contributed by atoms with Crippen LogP contribution in [0, 0.1) is 0 Å². The second-order valence-electron chi connectivity index (χ2n) is 5.94. The van der Waals surface area contributed by atoms with Crippen LogP contribution in [-0.4, -0.2) is 20.9 Å². The predicted octanol–water partition coefficient (Wildman–Crippen LogP) is 3.70. The van der Waals surface area contributed by atoms with E-state index >= 15 is 0 Å². The molecule has 3 heterocycles. The van der Waals surface area contributed by atoms with E-state index in [1.807, 2.05) is 54.6 Å². The topological polar surface area (TPSA) is 79.8 Å². The Kier molecular flexibility index (Phi) is 4.70. The Morgan fingerprint density at radius 2 is 1.74 bits per heavy atom. The molecule has 6 nitrogen and oxygen atoms in total. The highest BCUT2D eigenvalue weighted by Crippen LogP contribution is 2.24. The molecular formula is C21H17N5O. The van der Waals surface area contributed by atoms with Crippen LogP contribution in [0.1, 0.15) is 16.2 Å². The Morgan fingerprint density at radius 3 is 2.63 bits per heavy atom. The van der Waals surface area contributed by atoms with Gasteiger partial charge in [0.15, 0.2) is 0 Å². The number of nitrogens with zero attached hydrogens (tertiary/aromatic N) is 3. The Balaban J connectivity index is 1.51. The molecular weight excluding hydrogens is 338 g/mol. The molecule has 1 amide bonds. The van der Waals surface area contributed by atoms with Crippen molar-refractivity contribution in [1.82, 2.24) is 20.3 Å². The third kappa shape index (κ3) is 3.90. The normalized spacial score (nSPS) is 10.5. The van der Waals surface area contributed by atoms with E-state index in [0.717, 1.165) is 28.0 Å². The molecule has 0 aliphatic rings. The summed E-state index contributed by atoms with van der Waals surface area (Å²) >= 11 is 0. The third-order valence-corrected chi connectivity index (χ3v) is 4.06. The van der Waals surface area contributed by atoms with E-state index in [2.05, 4.69) is 25.6 Å². The summed E-state index contributed by atoms with van der Waals surface area (Å²) < 4.78 is 0. The lowest BCUT2D eigenvalue weighted by molar-refractivity contribution is 0.0945. The standard InChI is InChI=1S/C21H17N5O/c27-21(25-14-17-7-1-2-10-22-17)19-13-16(9-12-23-19)26-18-8-3-5-15-6-4-11-24-20(15)18/h1-13H,14H2,(H,23,26)(H,25,27). The lowest BCUT2D eigenvalue weighted by Crippen LogP contribution is -2.24. The molecule has 27 heavy (non-hydrogen) atoms. The van der Waals surface area contributed by atoms with Crippen molar-refractivity contribution in [3.05, 3.63) is 90.6 Å². The van der Waals surface area contributed by atoms with Gasteiger partial charge in [-0.2, -0.15) is 0 Å². The van der Waals surface area contributed by atoms with Crippen LogP contribution in [0.4, 0.5) is 11.4 Å². The van der Waals surface area contributed by atoms with Gasteiger partial charge in [0.2, 0.25) is 0 Å². The molecule has 0 spiro atoms. The number of fused-ring (bicyclic) bond motifs is 1. The maximum Gasteiger partial charge on any atom is 0.270 e. The number of hydrogen-bond donors (Lipinski definition) is 2. The van der Waals surface area contributed by atoms with Crippen LogP contribution in [0.2, 0.25) is 0 Å². The number of benzene rings is 1. The molecule has 3 aromatic heterocycles. The van der Waals surface area contributed by atoms with Crippen molar-refractivity contribution in [2.75, 3.05) is 5.32 Å². The highest BCUT2D eigenvalue weighted by Gasteiger charge is 2.09. The SMILES string of the molecule is O=C(NCc1ccccn1)c1cc(Nc2cccc3cccnc23)ccn1. The van der Waals surface area contributed by atoms with Gasteiger partial charge in [0.05, 0.1) is 23.4 Å². The van der Waals surface area contributed by atoms with E-state index in [1.165, 1.54) is 0 Å². The average molecular weight is 355 g/mol. The second kappa shape index (κ2) is 7.61. The number of para-hydroxylation sites is 1. The zero-order valence-corrected chi connectivity index (χ0v) is 14.5. The van der Waals surface area contributed by atoms with Crippen molar-refractivity contribution in [2.45, 2.75) is 6.54 Å². The van der Waals surface area contributed by atoms with E-state index in [1.54, 1.807) is 24.7 Å². The van der Waals surface area contributed by atoms with Crippen LogP contribution in [0.5, 0.6) is 0 Å². The summed E-state index contributed by atoms with van der Waals surface area (Å²) in [6, 6.07) is 19.0. The van der Waals surface area contributed by atoms with Crippen molar-refractivity contribution in [3.63, 3.8) is 0 Å². The zero-order chi connectivity index (χ0) is 18.5. The predicted molar refractivity (Wildman–Crippen MR) is 105 cm³/mol. The number of anilines is 2. The third-order valence-electron chi connectivity index (χ3n) is 4.06. The van der Waals surface area contributed by atoms with Crippen LogP contribution in [0.25, 0.3) is 10.9 Å². The van der Waals surface area contributed by atoms with Gasteiger partial charge in [-0.3, -0.25) is 19.7 Å². The smallest absolute Gasteiger partial charge is 0.270 e. The van der Waals surface area contributed by atoms with Gasteiger partial charge in [-0.15, -0.1) is 0 Å². The Morgan fingerprint density at radius 1 is 0.852 bits per heavy atom. The Hall–Kier alpha value is -3.80. The summed E-state index contributed by atoms with van der Waals surface area (Å²) in [6.45, 7) is 0.353. The highest BCUT2D eigenvalue weighted by atomic mass is 16.1. The summed E-state index contributed by atoms with van der Waals surface area (Å²) in [5.41, 5.74) is 3.65. The fourth-order valence-corrected chi connectivity index (χ4v) is 2.76. The summed E-state index contributed by atoms with van der Waals surface area (Å²) in [5, 5.41) is 7.20. The molecule has 0 saturated heterocycles. The maximum absolute atomic E-state index is 12.4. The summed E-state index contributed by atoms with van der Waals surface area (Å²) in [4.78, 5) is 25.2. The molecule has 0 atom stereocenters. The summed E-state index contributed by atoms with van der Waals surface area (Å²) in [6.07, 6.45) is 5.07.